The number of aliphatic hydroxyl groups is 4. The topological polar surface area (TPSA) is 464 Å². The Labute approximate surface area is 910 Å². The number of carbonyl (C=O) groups is 8. The fourth-order valence-electron chi connectivity index (χ4n) is 17.0. The SMILES string of the molecule is CC(C)(O)CN1CCC(Nc2ccc(C(=O)Nc3ccccc3N)cc2)CC1.CC(C)(O)CN1CCC(Nc2ccc(C(=O)Nc3ccccc3NC(=O)OC(C)(C)C)cc2)CC1.CC(C)(O)CN1CCC(Nc2ccc(C(=O)O)cc2)CC1.CC1(C)CO1.COC(=O)c1ccc(N(C(C)=O)C2CCN(CC(C)(C)O)CC2)cc1.COC(=O)c1ccc(N(C(C)=O)C2CCNCC2)cc1.Cc1ccccc1N.Cl.Cl.Cl.[Na+].[OH-]. The van der Waals surface area contributed by atoms with Crippen LogP contribution in [0, 0.1) is 6.92 Å². The molecule has 6 aliphatic rings. The Morgan fingerprint density at radius 2 is 0.694 bits per heavy atom. The van der Waals surface area contributed by atoms with E-state index in [1.54, 1.807) is 144 Å². The van der Waals surface area contributed by atoms with Crippen molar-refractivity contribution in [2.24, 2.45) is 0 Å². The number of carboxylic acid groups (broad SMARTS) is 1. The van der Waals surface area contributed by atoms with Gasteiger partial charge in [-0.05, 0) is 331 Å². The second kappa shape index (κ2) is 62.4. The number of β-amino-alcohol motifs (C(OH)–C–C–N with tert-alkyl or cyclic N) is 4. The normalized spacial score (nSPS) is 15.7. The van der Waals surface area contributed by atoms with Gasteiger partial charge in [0.05, 0.1) is 88.3 Å². The summed E-state index contributed by atoms with van der Waals surface area (Å²) in [6, 6.07) is 59.2. The fourth-order valence-corrected chi connectivity index (χ4v) is 17.0. The van der Waals surface area contributed by atoms with Crippen LogP contribution in [0.1, 0.15) is 225 Å². The minimum atomic E-state index is -0.901. The van der Waals surface area contributed by atoms with E-state index >= 15 is 0 Å². The van der Waals surface area contributed by atoms with Gasteiger partial charge in [-0.15, -0.1) is 37.2 Å². The molecule has 0 bridgehead atoms. The predicted molar refractivity (Wildman–Crippen MR) is 590 cm³/mol. The number of likely N-dealkylation sites (tertiary alicyclic amines) is 4. The number of carboxylic acids is 1. The Kier molecular flexibility index (Phi) is 55.6. The molecule has 14 rings (SSSR count). The number of hydrogen-bond donors (Lipinski definition) is 14. The van der Waals surface area contributed by atoms with Gasteiger partial charge in [-0.25, -0.2) is 19.2 Å². The first-order chi connectivity index (χ1) is 66.9. The molecule has 17 N–H and O–H groups in total. The smallest absolute Gasteiger partial charge is 0.870 e. The zero-order valence-electron chi connectivity index (χ0n) is 89.2. The third-order valence-corrected chi connectivity index (χ3v) is 24.1. The summed E-state index contributed by atoms with van der Waals surface area (Å²) in [5.74, 6) is -2.08. The van der Waals surface area contributed by atoms with Gasteiger partial charge >= 0.3 is 53.6 Å². The molecular weight excluding hydrogens is 1950 g/mol. The van der Waals surface area contributed by atoms with Crippen LogP contribution in [0.5, 0.6) is 0 Å². The van der Waals surface area contributed by atoms with Crippen molar-refractivity contribution in [2.45, 2.75) is 239 Å². The number of benzene rings is 8. The molecule has 0 unspecified atom stereocenters. The van der Waals surface area contributed by atoms with Crippen molar-refractivity contribution < 1.29 is 118 Å². The number of nitrogens with one attached hydrogen (secondary N) is 7. The summed E-state index contributed by atoms with van der Waals surface area (Å²) in [6.07, 6.45) is 9.13. The quantitative estimate of drug-likeness (QED) is 0.00787. The third-order valence-electron chi connectivity index (χ3n) is 24.1. The maximum atomic E-state index is 12.8. The van der Waals surface area contributed by atoms with Crippen LogP contribution in [0.3, 0.4) is 0 Å². The Bertz CT molecular complexity index is 5270. The zero-order chi connectivity index (χ0) is 104. The molecule has 806 valence electrons. The van der Waals surface area contributed by atoms with Crippen LogP contribution in [0.2, 0.25) is 0 Å². The summed E-state index contributed by atoms with van der Waals surface area (Å²) in [6.45, 7) is 42.3. The standard InChI is InChI=1S/C27H38N4O4.C22H30N4O2.C19H28N2O4.C16H24N2O3.C15H20N2O3.C7H9N.C4H8O.3ClH.Na.H2O/c1-26(2,3)35-25(33)30-23-9-7-6-8-22(23)29-24(32)19-10-12-20(13-11-19)28-21-14-16-31(17-15-21)18-27(4,5)34;1-22(2,28)15-26-13-11-18(12-14-26)24-17-9-7-16(8-10-17)21(27)25-20-6-4-3-5-19(20)23;1-14(22)21(16-7-5-15(6-8-16)18(23)25-4)17-9-11-20(12-10-17)13-19(2,3)24;1-16(2,21)11-18-9-7-14(8-10-18)17-13-5-3-12(4-6-13)15(19)20;1-11(18)17(14-7-9-16-10-8-14)13-5-3-12(4-6-13)15(19)20-2;1-6-4-2-3-5-7(6)8;1-4(2)3-5-4;;;;;/h6-13,21,28,34H,14-18H2,1-5H3,(H,29,32)(H,30,33);3-10,18,24,28H,11-15,23H2,1-2H3,(H,25,27);5-8,17,24H,9-13H2,1-4H3;3-6,14,17,21H,7-11H2,1-2H3,(H,19,20);3-6,14,16H,7-10H2,1-2H3;2-5H,8H2,1H3;3H2,1-2H3;3*1H;;1H2/q;;;;;;;;;;+1;/p-1. The number of piperidine rings is 5. The third kappa shape index (κ3) is 48.9. The van der Waals surface area contributed by atoms with E-state index in [-0.39, 0.29) is 126 Å². The molecule has 37 heteroatoms. The van der Waals surface area contributed by atoms with Crippen molar-refractivity contribution in [3.8, 4) is 0 Å². The minimum absolute atomic E-state index is 0. The van der Waals surface area contributed by atoms with Crippen molar-refractivity contribution in [1.82, 2.24) is 24.9 Å². The number of amides is 5. The molecule has 8 aromatic carbocycles. The average Bonchev–Trinajstić information content (AvgIpc) is 1.79. The van der Waals surface area contributed by atoms with Crippen molar-refractivity contribution in [2.75, 3.05) is 166 Å². The number of ether oxygens (including phenoxy) is 4. The summed E-state index contributed by atoms with van der Waals surface area (Å²) in [7, 11) is 2.70. The van der Waals surface area contributed by atoms with Crippen molar-refractivity contribution in [3.63, 3.8) is 0 Å². The number of methoxy groups -OCH3 is 2. The summed E-state index contributed by atoms with van der Waals surface area (Å²) < 4.78 is 19.6. The number of epoxide rings is 1. The number of para-hydroxylation sites is 5. The predicted octanol–water partition coefficient (Wildman–Crippen LogP) is 14.2. The molecular formula is C110H161Cl3N15NaO18. The van der Waals surface area contributed by atoms with Crippen LogP contribution in [0.4, 0.5) is 61.7 Å². The van der Waals surface area contributed by atoms with Gasteiger partial charge in [-0.3, -0.25) is 24.5 Å². The van der Waals surface area contributed by atoms with E-state index in [0.29, 0.717) is 94.9 Å². The molecule has 8 aromatic rings. The van der Waals surface area contributed by atoms with Crippen LogP contribution in [0.15, 0.2) is 194 Å². The Balaban J connectivity index is 0.000000458. The number of nitrogens with two attached hydrogens (primary N) is 2. The molecule has 0 spiro atoms. The van der Waals surface area contributed by atoms with Crippen LogP contribution < -0.4 is 88.0 Å². The number of aryl methyl sites for hydroxylation is 1. The largest absolute Gasteiger partial charge is 1.00 e. The van der Waals surface area contributed by atoms with Gasteiger partial charge in [-0.1, -0.05) is 42.5 Å². The number of halogens is 3. The molecule has 5 amide bonds. The molecule has 0 aromatic heterocycles. The van der Waals surface area contributed by atoms with Gasteiger partial charge in [0.15, 0.2) is 0 Å². The zero-order valence-corrected chi connectivity index (χ0v) is 93.6. The van der Waals surface area contributed by atoms with Crippen LogP contribution in [-0.4, -0.2) is 275 Å². The maximum absolute atomic E-state index is 12.8. The average molecular weight is 2110 g/mol. The number of anilines is 10. The Hall–Kier alpha value is -10.3. The van der Waals surface area contributed by atoms with E-state index in [9.17, 15) is 58.8 Å². The van der Waals surface area contributed by atoms with Crippen molar-refractivity contribution in [3.05, 3.63) is 228 Å². The molecule has 6 aliphatic heterocycles. The second-order valence-corrected chi connectivity index (χ2v) is 41.3. The number of carbonyl (C=O) groups excluding carboxylic acids is 7. The minimum Gasteiger partial charge on any atom is -0.870 e. The van der Waals surface area contributed by atoms with E-state index in [2.05, 4.69) is 75.4 Å². The number of aromatic carboxylic acids is 1. The summed E-state index contributed by atoms with van der Waals surface area (Å²) in [5.41, 5.74) is 19.4. The van der Waals surface area contributed by atoms with Crippen molar-refractivity contribution >= 4 is 142 Å². The van der Waals surface area contributed by atoms with Gasteiger partial charge < -0.3 is 123 Å². The number of hydrogen-bond acceptors (Lipinski definition) is 27. The maximum Gasteiger partial charge on any atom is 1.00 e. The van der Waals surface area contributed by atoms with Crippen molar-refractivity contribution in [1.29, 1.82) is 0 Å². The molecule has 6 heterocycles. The van der Waals surface area contributed by atoms with Gasteiger partial charge in [0.25, 0.3) is 11.8 Å². The molecule has 147 heavy (non-hydrogen) atoms. The van der Waals surface area contributed by atoms with Gasteiger partial charge in [0, 0.05) is 168 Å². The van der Waals surface area contributed by atoms with Crippen LogP contribution in [-0.2, 0) is 28.5 Å². The number of esters is 2. The van der Waals surface area contributed by atoms with Gasteiger partial charge in [-0.2, -0.15) is 0 Å². The number of nitrogens with zero attached hydrogens (tertiary/aromatic N) is 6. The monoisotopic (exact) mass is 2110 g/mol. The first-order valence-electron chi connectivity index (χ1n) is 49.2. The number of rotatable bonds is 26. The van der Waals surface area contributed by atoms with Gasteiger partial charge in [0.1, 0.15) is 5.60 Å². The Morgan fingerprint density at radius 1 is 0.415 bits per heavy atom. The first-order valence-corrected chi connectivity index (χ1v) is 49.2. The van der Waals surface area contributed by atoms with Gasteiger partial charge in [0.2, 0.25) is 11.8 Å². The molecule has 0 aliphatic carbocycles. The number of nitrogen functional groups attached to an aromatic ring is 2. The first kappa shape index (κ1) is 131. The molecule has 0 radical (unpaired) electrons. The second-order valence-electron chi connectivity index (χ2n) is 41.3. The van der Waals surface area contributed by atoms with E-state index in [0.717, 1.165) is 176 Å². The summed E-state index contributed by atoms with van der Waals surface area (Å²) >= 11 is 0. The van der Waals surface area contributed by atoms with E-state index in [1.165, 1.54) is 14.2 Å². The molecule has 6 fully saturated rings. The van der Waals surface area contributed by atoms with E-state index in [4.69, 9.17) is 30.8 Å². The summed E-state index contributed by atoms with van der Waals surface area (Å²) in [4.78, 5) is 108. The van der Waals surface area contributed by atoms with E-state index < -0.39 is 40.1 Å². The van der Waals surface area contributed by atoms with E-state index in [1.807, 2.05) is 157 Å². The van der Waals surface area contributed by atoms with Crippen LogP contribution in [0.25, 0.3) is 0 Å². The summed E-state index contributed by atoms with van der Waals surface area (Å²) in [5, 5.41) is 70.9. The van der Waals surface area contributed by atoms with Crippen LogP contribution >= 0.6 is 37.2 Å². The Morgan fingerprint density at radius 3 is 0.973 bits per heavy atom. The molecule has 6 saturated heterocycles. The molecule has 0 atom stereocenters. The fraction of sp³-hybridized carbons (Fsp3) is 0.491. The molecule has 33 nitrogen and oxygen atoms in total. The molecule has 0 saturated carbocycles.